The Balaban J connectivity index is 1.68. The molecule has 208 valence electrons. The Kier molecular flexibility index (Phi) is 9.81. The summed E-state index contributed by atoms with van der Waals surface area (Å²) in [6.07, 6.45) is -2.59. The van der Waals surface area contributed by atoms with Crippen LogP contribution in [-0.4, -0.2) is 39.9 Å². The van der Waals surface area contributed by atoms with Gasteiger partial charge in [0.05, 0.1) is 30.3 Å². The van der Waals surface area contributed by atoms with Gasteiger partial charge >= 0.3 is 6.18 Å². The first kappa shape index (κ1) is 29.8. The Bertz CT molecular complexity index is 1430. The molecule has 0 saturated heterocycles. The standard InChI is InChI=1S/C26H25ClF3N3O5S/c1-3-37-24-13-19(9-12-23(24)38-17-18-7-10-21(27)11-8-18)15-31-32-25(34)16-33(39(2,35)36)22-6-4-5-20(14-22)26(28,29)30/h4-15H,3,16-17H2,1-2H3,(H,32,34)/b31-15-. The smallest absolute Gasteiger partial charge is 0.416 e. The Labute approximate surface area is 229 Å². The summed E-state index contributed by atoms with van der Waals surface area (Å²) in [4.78, 5) is 12.4. The van der Waals surface area contributed by atoms with Gasteiger partial charge in [0.25, 0.3) is 5.91 Å². The molecule has 0 unspecified atom stereocenters. The van der Waals surface area contributed by atoms with Gasteiger partial charge in [-0.05, 0) is 66.6 Å². The molecule has 0 radical (unpaired) electrons. The number of benzene rings is 3. The number of carbonyl (C=O) groups is 1. The second kappa shape index (κ2) is 12.9. The zero-order valence-electron chi connectivity index (χ0n) is 20.9. The van der Waals surface area contributed by atoms with Crippen LogP contribution in [0.2, 0.25) is 5.02 Å². The third kappa shape index (κ3) is 8.89. The molecule has 1 amide bonds. The van der Waals surface area contributed by atoms with Crippen molar-refractivity contribution >= 4 is 39.4 Å². The molecule has 0 spiro atoms. The monoisotopic (exact) mass is 583 g/mol. The Morgan fingerprint density at radius 1 is 1.05 bits per heavy atom. The molecular weight excluding hydrogens is 559 g/mol. The van der Waals surface area contributed by atoms with Crippen molar-refractivity contribution in [2.24, 2.45) is 5.10 Å². The summed E-state index contributed by atoms with van der Waals surface area (Å²) in [7, 11) is -4.08. The molecule has 0 aliphatic rings. The fourth-order valence-corrected chi connectivity index (χ4v) is 4.29. The zero-order valence-corrected chi connectivity index (χ0v) is 22.5. The van der Waals surface area contributed by atoms with Gasteiger partial charge in [0, 0.05) is 5.02 Å². The highest BCUT2D eigenvalue weighted by Gasteiger charge is 2.32. The lowest BCUT2D eigenvalue weighted by Crippen LogP contribution is -2.39. The average molecular weight is 584 g/mol. The fourth-order valence-electron chi connectivity index (χ4n) is 3.32. The van der Waals surface area contributed by atoms with Crippen LogP contribution in [0.5, 0.6) is 11.5 Å². The summed E-state index contributed by atoms with van der Waals surface area (Å²) in [5.41, 5.74) is 2.28. The number of nitrogens with zero attached hydrogens (tertiary/aromatic N) is 2. The van der Waals surface area contributed by atoms with Crippen molar-refractivity contribution in [2.45, 2.75) is 19.7 Å². The molecule has 3 rings (SSSR count). The van der Waals surface area contributed by atoms with Crippen LogP contribution in [0.15, 0.2) is 71.8 Å². The summed E-state index contributed by atoms with van der Waals surface area (Å²) in [6.45, 7) is 1.68. The van der Waals surface area contributed by atoms with E-state index in [0.29, 0.717) is 39.1 Å². The zero-order chi connectivity index (χ0) is 28.6. The summed E-state index contributed by atoms with van der Waals surface area (Å²) in [5.74, 6) is 0.0643. The van der Waals surface area contributed by atoms with E-state index >= 15 is 0 Å². The molecule has 0 aliphatic heterocycles. The van der Waals surface area contributed by atoms with Crippen molar-refractivity contribution in [3.63, 3.8) is 0 Å². The van der Waals surface area contributed by atoms with Crippen molar-refractivity contribution in [2.75, 3.05) is 23.7 Å². The van der Waals surface area contributed by atoms with Crippen molar-refractivity contribution in [1.82, 2.24) is 5.43 Å². The lowest BCUT2D eigenvalue weighted by Gasteiger charge is -2.22. The van der Waals surface area contributed by atoms with E-state index in [1.807, 2.05) is 19.1 Å². The number of alkyl halides is 3. The summed E-state index contributed by atoms with van der Waals surface area (Å²) in [6, 6.07) is 15.9. The van der Waals surface area contributed by atoms with Crippen molar-refractivity contribution in [3.8, 4) is 11.5 Å². The Morgan fingerprint density at radius 2 is 1.77 bits per heavy atom. The van der Waals surface area contributed by atoms with E-state index in [1.165, 1.54) is 12.3 Å². The first-order chi connectivity index (χ1) is 18.4. The number of hydrazone groups is 1. The van der Waals surface area contributed by atoms with Gasteiger partial charge in [-0.25, -0.2) is 13.8 Å². The van der Waals surface area contributed by atoms with Crippen molar-refractivity contribution < 1.29 is 35.9 Å². The molecule has 0 fully saturated rings. The number of amides is 1. The average Bonchev–Trinajstić information content (AvgIpc) is 2.87. The largest absolute Gasteiger partial charge is 0.490 e. The van der Waals surface area contributed by atoms with E-state index in [4.69, 9.17) is 21.1 Å². The summed E-state index contributed by atoms with van der Waals surface area (Å²) >= 11 is 5.90. The molecule has 0 atom stereocenters. The summed E-state index contributed by atoms with van der Waals surface area (Å²) in [5, 5.41) is 4.44. The van der Waals surface area contributed by atoms with Crippen LogP contribution >= 0.6 is 11.6 Å². The van der Waals surface area contributed by atoms with Gasteiger partial charge in [-0.1, -0.05) is 29.8 Å². The third-order valence-corrected chi connectivity index (χ3v) is 6.52. The molecule has 3 aromatic rings. The van der Waals surface area contributed by atoms with Crippen molar-refractivity contribution in [3.05, 3.63) is 88.4 Å². The highest BCUT2D eigenvalue weighted by molar-refractivity contribution is 7.92. The normalized spacial score (nSPS) is 11.8. The topological polar surface area (TPSA) is 97.3 Å². The minimum Gasteiger partial charge on any atom is -0.490 e. The van der Waals surface area contributed by atoms with E-state index in [0.717, 1.165) is 24.0 Å². The van der Waals surface area contributed by atoms with Gasteiger partial charge < -0.3 is 9.47 Å². The first-order valence-electron chi connectivity index (χ1n) is 11.5. The molecule has 0 bridgehead atoms. The number of carbonyl (C=O) groups excluding carboxylic acids is 1. The van der Waals surface area contributed by atoms with E-state index in [9.17, 15) is 26.4 Å². The molecule has 1 N–H and O–H groups in total. The number of anilines is 1. The third-order valence-electron chi connectivity index (χ3n) is 5.13. The fraction of sp³-hybridized carbons (Fsp3) is 0.231. The molecule has 39 heavy (non-hydrogen) atoms. The SMILES string of the molecule is CCOc1cc(/C=N\NC(=O)CN(c2cccc(C(F)(F)F)c2)S(C)(=O)=O)ccc1OCc1ccc(Cl)cc1. The minimum absolute atomic E-state index is 0.281. The van der Waals surface area contributed by atoms with Gasteiger partial charge in [-0.3, -0.25) is 9.10 Å². The Morgan fingerprint density at radius 3 is 2.41 bits per heavy atom. The molecule has 0 heterocycles. The van der Waals surface area contributed by atoms with E-state index in [1.54, 1.807) is 30.3 Å². The van der Waals surface area contributed by atoms with Gasteiger partial charge in [-0.15, -0.1) is 0 Å². The number of nitrogens with one attached hydrogen (secondary N) is 1. The molecule has 0 aromatic heterocycles. The molecule has 0 saturated carbocycles. The molecule has 0 aliphatic carbocycles. The second-order valence-electron chi connectivity index (χ2n) is 8.17. The lowest BCUT2D eigenvalue weighted by molar-refractivity contribution is -0.137. The highest BCUT2D eigenvalue weighted by Crippen LogP contribution is 2.32. The minimum atomic E-state index is -4.68. The molecule has 8 nitrogen and oxygen atoms in total. The number of hydrogen-bond donors (Lipinski definition) is 1. The van der Waals surface area contributed by atoms with Crippen LogP contribution in [0.25, 0.3) is 0 Å². The predicted octanol–water partition coefficient (Wildman–Crippen LogP) is 5.25. The Hall–Kier alpha value is -3.77. The second-order valence-corrected chi connectivity index (χ2v) is 10.5. The van der Waals surface area contributed by atoms with Gasteiger partial charge in [-0.2, -0.15) is 18.3 Å². The maximum atomic E-state index is 13.1. The summed E-state index contributed by atoms with van der Waals surface area (Å²) < 4.78 is 75.7. The van der Waals surface area contributed by atoms with Crippen LogP contribution < -0.4 is 19.2 Å². The number of rotatable bonds is 11. The maximum absolute atomic E-state index is 13.1. The van der Waals surface area contributed by atoms with Crippen LogP contribution in [0, 0.1) is 0 Å². The van der Waals surface area contributed by atoms with Gasteiger partial charge in [0.2, 0.25) is 10.0 Å². The predicted molar refractivity (Wildman–Crippen MR) is 143 cm³/mol. The van der Waals surface area contributed by atoms with Crippen LogP contribution in [-0.2, 0) is 27.6 Å². The quantitative estimate of drug-likeness (QED) is 0.246. The van der Waals surface area contributed by atoms with Gasteiger partial charge in [0.1, 0.15) is 13.2 Å². The molecule has 13 heteroatoms. The molecular formula is C26H25ClF3N3O5S. The lowest BCUT2D eigenvalue weighted by atomic mass is 10.2. The molecule has 3 aromatic carbocycles. The van der Waals surface area contributed by atoms with E-state index in [-0.39, 0.29) is 12.3 Å². The van der Waals surface area contributed by atoms with E-state index in [2.05, 4.69) is 10.5 Å². The number of hydrogen-bond acceptors (Lipinski definition) is 6. The highest BCUT2D eigenvalue weighted by atomic mass is 35.5. The van der Waals surface area contributed by atoms with Crippen molar-refractivity contribution in [1.29, 1.82) is 0 Å². The number of halogens is 4. The van der Waals surface area contributed by atoms with Crippen LogP contribution in [0.1, 0.15) is 23.6 Å². The maximum Gasteiger partial charge on any atom is 0.416 e. The first-order valence-corrected chi connectivity index (χ1v) is 13.7. The van der Waals surface area contributed by atoms with E-state index < -0.39 is 34.2 Å². The van der Waals surface area contributed by atoms with Gasteiger partial charge in [0.15, 0.2) is 11.5 Å². The number of ether oxygens (including phenoxy) is 2. The van der Waals surface area contributed by atoms with Crippen LogP contribution in [0.4, 0.5) is 18.9 Å². The van der Waals surface area contributed by atoms with Crippen LogP contribution in [0.3, 0.4) is 0 Å². The number of sulfonamides is 1.